The molecule has 0 fully saturated rings. The topological polar surface area (TPSA) is 8.29 Å². The number of benzene rings is 4. The van der Waals surface area contributed by atoms with Crippen molar-refractivity contribution in [3.8, 4) is 11.1 Å². The Balaban J connectivity index is 1.94. The van der Waals surface area contributed by atoms with Gasteiger partial charge in [-0.15, -0.1) is 0 Å². The fourth-order valence-electron chi connectivity index (χ4n) is 6.04. The van der Waals surface area contributed by atoms with Crippen LogP contribution in [0.4, 0.5) is 0 Å². The first-order valence-electron chi connectivity index (χ1n) is 11.6. The molecule has 158 valence electrons. The Morgan fingerprint density at radius 2 is 1.45 bits per heavy atom. The van der Waals surface area contributed by atoms with Crippen LogP contribution in [0, 0.1) is 20.8 Å². The number of para-hydroxylation sites is 1. The lowest BCUT2D eigenvalue weighted by atomic mass is 9.92. The maximum Gasteiger partial charge on any atom is 0.224 e. The SMILES string of the molecule is Cc1cc(C)c2c(c1C)c1c3c(cc[n+]1C)cc(-c1ccccc1)c1c4ccccc4n2c13. The Morgan fingerprint density at radius 1 is 0.697 bits per heavy atom. The van der Waals surface area contributed by atoms with E-state index in [0.717, 1.165) is 0 Å². The highest BCUT2D eigenvalue weighted by Crippen LogP contribution is 2.45. The van der Waals surface area contributed by atoms with Gasteiger partial charge in [0.2, 0.25) is 5.52 Å². The van der Waals surface area contributed by atoms with Crippen LogP contribution in [0.5, 0.6) is 0 Å². The molecule has 0 atom stereocenters. The van der Waals surface area contributed by atoms with Crippen LogP contribution in [0.25, 0.3) is 60.1 Å². The first-order valence-corrected chi connectivity index (χ1v) is 11.6. The van der Waals surface area contributed by atoms with Crippen molar-refractivity contribution in [2.24, 2.45) is 7.05 Å². The minimum absolute atomic E-state index is 1.26. The van der Waals surface area contributed by atoms with Crippen molar-refractivity contribution in [1.29, 1.82) is 0 Å². The van der Waals surface area contributed by atoms with Gasteiger partial charge < -0.3 is 4.40 Å². The number of aromatic nitrogens is 2. The van der Waals surface area contributed by atoms with E-state index in [2.05, 4.69) is 116 Å². The van der Waals surface area contributed by atoms with Crippen molar-refractivity contribution < 1.29 is 4.57 Å². The van der Waals surface area contributed by atoms with Gasteiger partial charge >= 0.3 is 0 Å². The summed E-state index contributed by atoms with van der Waals surface area (Å²) in [5, 5.41) is 6.67. The summed E-state index contributed by atoms with van der Waals surface area (Å²) in [5.74, 6) is 0. The van der Waals surface area contributed by atoms with E-state index in [1.54, 1.807) is 0 Å². The average Bonchev–Trinajstić information content (AvgIpc) is 3.18. The van der Waals surface area contributed by atoms with E-state index in [4.69, 9.17) is 0 Å². The molecule has 0 saturated carbocycles. The van der Waals surface area contributed by atoms with E-state index in [-0.39, 0.29) is 0 Å². The predicted octanol–water partition coefficient (Wildman–Crippen LogP) is 7.41. The molecular formula is C31H25N2+. The van der Waals surface area contributed by atoms with Crippen molar-refractivity contribution in [3.63, 3.8) is 0 Å². The second-order valence-electron chi connectivity index (χ2n) is 9.46. The van der Waals surface area contributed by atoms with E-state index >= 15 is 0 Å². The minimum Gasteiger partial charge on any atom is -0.307 e. The summed E-state index contributed by atoms with van der Waals surface area (Å²) in [6, 6.07) is 26.8. The molecule has 0 bridgehead atoms. The molecule has 0 N–H and O–H groups in total. The lowest BCUT2D eigenvalue weighted by molar-refractivity contribution is -0.643. The smallest absolute Gasteiger partial charge is 0.224 e. The number of hydrogen-bond acceptors (Lipinski definition) is 0. The molecular weight excluding hydrogens is 400 g/mol. The molecule has 2 heteroatoms. The van der Waals surface area contributed by atoms with Gasteiger partial charge in [-0.2, -0.15) is 0 Å². The van der Waals surface area contributed by atoms with Crippen LogP contribution in [0.2, 0.25) is 0 Å². The van der Waals surface area contributed by atoms with Gasteiger partial charge in [-0.1, -0.05) is 54.6 Å². The molecule has 4 aromatic carbocycles. The number of aryl methyl sites for hydroxylation is 4. The molecule has 0 aliphatic heterocycles. The quantitative estimate of drug-likeness (QED) is 0.147. The van der Waals surface area contributed by atoms with Crippen molar-refractivity contribution in [2.75, 3.05) is 0 Å². The first-order chi connectivity index (χ1) is 16.1. The number of pyridine rings is 2. The molecule has 0 spiro atoms. The van der Waals surface area contributed by atoms with Crippen molar-refractivity contribution in [1.82, 2.24) is 4.40 Å². The van der Waals surface area contributed by atoms with Gasteiger partial charge in [0.05, 0.1) is 27.3 Å². The van der Waals surface area contributed by atoms with Gasteiger partial charge in [0.25, 0.3) is 0 Å². The van der Waals surface area contributed by atoms with Crippen LogP contribution in [-0.4, -0.2) is 4.40 Å². The summed E-state index contributed by atoms with van der Waals surface area (Å²) in [6.07, 6.45) is 2.22. The van der Waals surface area contributed by atoms with Gasteiger partial charge in [0, 0.05) is 16.8 Å². The van der Waals surface area contributed by atoms with Crippen LogP contribution in [0.3, 0.4) is 0 Å². The fourth-order valence-corrected chi connectivity index (χ4v) is 6.04. The molecule has 33 heavy (non-hydrogen) atoms. The van der Waals surface area contributed by atoms with E-state index < -0.39 is 0 Å². The lowest BCUT2D eigenvalue weighted by Gasteiger charge is -2.17. The Hall–Kier alpha value is -3.91. The van der Waals surface area contributed by atoms with Crippen molar-refractivity contribution >= 4 is 49.0 Å². The summed E-state index contributed by atoms with van der Waals surface area (Å²) in [4.78, 5) is 0. The molecule has 3 heterocycles. The monoisotopic (exact) mass is 425 g/mol. The van der Waals surface area contributed by atoms with Crippen LogP contribution in [-0.2, 0) is 7.05 Å². The first kappa shape index (κ1) is 18.6. The van der Waals surface area contributed by atoms with E-state index in [9.17, 15) is 0 Å². The highest BCUT2D eigenvalue weighted by Gasteiger charge is 2.27. The molecule has 0 aliphatic carbocycles. The lowest BCUT2D eigenvalue weighted by Crippen LogP contribution is -2.29. The maximum absolute atomic E-state index is 2.55. The van der Waals surface area contributed by atoms with Crippen molar-refractivity contribution in [3.05, 3.63) is 95.7 Å². The summed E-state index contributed by atoms with van der Waals surface area (Å²) >= 11 is 0. The zero-order chi connectivity index (χ0) is 22.4. The molecule has 3 aromatic heterocycles. The molecule has 0 unspecified atom stereocenters. The summed E-state index contributed by atoms with van der Waals surface area (Å²) < 4.78 is 4.86. The molecule has 0 radical (unpaired) electrons. The van der Waals surface area contributed by atoms with E-state index in [0.29, 0.717) is 0 Å². The minimum atomic E-state index is 1.26. The zero-order valence-corrected chi connectivity index (χ0v) is 19.4. The van der Waals surface area contributed by atoms with Gasteiger partial charge in [0.1, 0.15) is 7.05 Å². The van der Waals surface area contributed by atoms with Crippen LogP contribution in [0.1, 0.15) is 16.7 Å². The molecule has 7 aromatic rings. The Morgan fingerprint density at radius 3 is 2.27 bits per heavy atom. The van der Waals surface area contributed by atoms with Gasteiger partial charge in [-0.05, 0) is 66.1 Å². The molecule has 2 nitrogen and oxygen atoms in total. The molecule has 0 amide bonds. The standard InChI is InChI=1S/C31H25N2/c1-18-16-19(2)29-26(20(18)3)30-27-22(14-15-32(30)4)17-24(21-10-6-5-7-11-21)28-23-12-8-9-13-25(23)33(29)31(27)28/h5-17H,1-4H3/q+1. The van der Waals surface area contributed by atoms with Crippen LogP contribution >= 0.6 is 0 Å². The largest absolute Gasteiger partial charge is 0.307 e. The third-order valence-corrected chi connectivity index (χ3v) is 7.59. The number of fused-ring (bicyclic) bond motifs is 6. The predicted molar refractivity (Wildman–Crippen MR) is 139 cm³/mol. The zero-order valence-electron chi connectivity index (χ0n) is 19.4. The highest BCUT2D eigenvalue weighted by atomic mass is 15.0. The fraction of sp³-hybridized carbons (Fsp3) is 0.129. The molecule has 0 aliphatic rings. The average molecular weight is 426 g/mol. The number of hydrogen-bond donors (Lipinski definition) is 0. The Labute approximate surface area is 192 Å². The highest BCUT2D eigenvalue weighted by molar-refractivity contribution is 6.30. The molecule has 0 saturated heterocycles. The molecule has 7 rings (SSSR count). The van der Waals surface area contributed by atoms with Gasteiger partial charge in [0.15, 0.2) is 6.20 Å². The van der Waals surface area contributed by atoms with E-state index in [1.807, 2.05) is 0 Å². The number of rotatable bonds is 1. The maximum atomic E-state index is 2.55. The summed E-state index contributed by atoms with van der Waals surface area (Å²) in [5.41, 5.74) is 11.9. The Bertz CT molecular complexity index is 1890. The van der Waals surface area contributed by atoms with Crippen LogP contribution < -0.4 is 4.57 Å². The van der Waals surface area contributed by atoms with Crippen molar-refractivity contribution in [2.45, 2.75) is 20.8 Å². The second kappa shape index (κ2) is 6.32. The number of nitrogens with zero attached hydrogens (tertiary/aromatic N) is 2. The van der Waals surface area contributed by atoms with Gasteiger partial charge in [-0.25, -0.2) is 4.57 Å². The third-order valence-electron chi connectivity index (χ3n) is 7.59. The van der Waals surface area contributed by atoms with Gasteiger partial charge in [-0.3, -0.25) is 0 Å². The normalized spacial score (nSPS) is 12.2. The Kier molecular flexibility index (Phi) is 3.57. The second-order valence-corrected chi connectivity index (χ2v) is 9.46. The van der Waals surface area contributed by atoms with Crippen LogP contribution in [0.15, 0.2) is 79.0 Å². The summed E-state index contributed by atoms with van der Waals surface area (Å²) in [6.45, 7) is 6.77. The summed E-state index contributed by atoms with van der Waals surface area (Å²) in [7, 11) is 2.19. The van der Waals surface area contributed by atoms with E-state index in [1.165, 1.54) is 76.8 Å². The third kappa shape index (κ3) is 2.25.